The van der Waals surface area contributed by atoms with E-state index in [2.05, 4.69) is 4.72 Å². The van der Waals surface area contributed by atoms with Crippen LogP contribution in [-0.2, 0) is 10.0 Å². The van der Waals surface area contributed by atoms with E-state index in [0.29, 0.717) is 6.42 Å². The van der Waals surface area contributed by atoms with Crippen molar-refractivity contribution >= 4 is 10.0 Å². The first-order valence-electron chi connectivity index (χ1n) is 4.76. The molecule has 1 N–H and O–H groups in total. The van der Waals surface area contributed by atoms with Crippen molar-refractivity contribution in [3.63, 3.8) is 0 Å². The van der Waals surface area contributed by atoms with Gasteiger partial charge in [0.25, 0.3) is 0 Å². The Bertz CT molecular complexity index is 313. The molecule has 2 rings (SSSR count). The molecule has 0 aliphatic heterocycles. The summed E-state index contributed by atoms with van der Waals surface area (Å²) < 4.78 is 49.4. The molecule has 0 spiro atoms. The van der Waals surface area contributed by atoms with Crippen LogP contribution in [0.5, 0.6) is 0 Å². The Balaban J connectivity index is 1.79. The van der Waals surface area contributed by atoms with Gasteiger partial charge in [-0.3, -0.25) is 0 Å². The van der Waals surface area contributed by atoms with Gasteiger partial charge in [0.15, 0.2) is 0 Å². The minimum absolute atomic E-state index is 0.0729. The molecule has 82 valence electrons. The van der Waals surface area contributed by atoms with E-state index in [-0.39, 0.29) is 17.7 Å². The van der Waals surface area contributed by atoms with Crippen LogP contribution < -0.4 is 4.72 Å². The van der Waals surface area contributed by atoms with Gasteiger partial charge in [0.05, 0.1) is 5.75 Å². The Morgan fingerprint density at radius 1 is 1.36 bits per heavy atom. The second kappa shape index (κ2) is 3.41. The average Bonchev–Trinajstić information content (AvgIpc) is 2.83. The molecule has 2 saturated carbocycles. The van der Waals surface area contributed by atoms with Crippen molar-refractivity contribution < 1.29 is 17.2 Å². The van der Waals surface area contributed by atoms with Crippen LogP contribution in [0.25, 0.3) is 0 Å². The molecule has 0 radical (unpaired) electrons. The zero-order valence-electron chi connectivity index (χ0n) is 7.62. The molecule has 0 aromatic carbocycles. The smallest absolute Gasteiger partial charge is 0.212 e. The van der Waals surface area contributed by atoms with Gasteiger partial charge in [0.1, 0.15) is 0 Å². The van der Waals surface area contributed by atoms with Gasteiger partial charge in [-0.25, -0.2) is 21.9 Å². The molecule has 0 heterocycles. The van der Waals surface area contributed by atoms with Crippen LogP contribution in [0.4, 0.5) is 8.78 Å². The average molecular weight is 225 g/mol. The van der Waals surface area contributed by atoms with Gasteiger partial charge < -0.3 is 0 Å². The lowest BCUT2D eigenvalue weighted by molar-refractivity contribution is 0.117. The number of hydrogen-bond acceptors (Lipinski definition) is 2. The topological polar surface area (TPSA) is 46.2 Å². The predicted octanol–water partition coefficient (Wildman–Crippen LogP) is 0.969. The summed E-state index contributed by atoms with van der Waals surface area (Å²) in [5.74, 6) is -1.14. The van der Waals surface area contributed by atoms with Gasteiger partial charge in [0, 0.05) is 12.0 Å². The number of halogens is 2. The second-order valence-corrected chi connectivity index (χ2v) is 5.97. The maximum absolute atomic E-state index is 12.1. The van der Waals surface area contributed by atoms with Crippen molar-refractivity contribution in [1.29, 1.82) is 0 Å². The summed E-state index contributed by atoms with van der Waals surface area (Å²) in [7, 11) is -3.30. The first-order chi connectivity index (χ1) is 6.48. The third-order valence-corrected chi connectivity index (χ3v) is 4.22. The fraction of sp³-hybridized carbons (Fsp3) is 1.00. The number of nitrogens with one attached hydrogen (secondary N) is 1. The Hall–Kier alpha value is -0.230. The van der Waals surface area contributed by atoms with Gasteiger partial charge in [-0.05, 0) is 25.2 Å². The van der Waals surface area contributed by atoms with Crippen LogP contribution in [0.2, 0.25) is 0 Å². The fourth-order valence-corrected chi connectivity index (χ4v) is 3.34. The van der Waals surface area contributed by atoms with Crippen molar-refractivity contribution in [3.8, 4) is 0 Å². The third-order valence-electron chi connectivity index (χ3n) is 2.66. The SMILES string of the molecule is O=S(=O)(C[C@@H]1C[C@H]1C(F)F)NC1CC1. The maximum Gasteiger partial charge on any atom is 0.241 e. The molecule has 0 unspecified atom stereocenters. The summed E-state index contributed by atoms with van der Waals surface area (Å²) in [6.07, 6.45) is -0.260. The van der Waals surface area contributed by atoms with E-state index < -0.39 is 22.4 Å². The van der Waals surface area contributed by atoms with Crippen molar-refractivity contribution in [2.45, 2.75) is 31.7 Å². The van der Waals surface area contributed by atoms with Gasteiger partial charge in [-0.15, -0.1) is 0 Å². The molecule has 0 amide bonds. The lowest BCUT2D eigenvalue weighted by Crippen LogP contribution is -2.29. The normalized spacial score (nSPS) is 32.2. The molecule has 0 saturated heterocycles. The molecule has 0 aromatic rings. The van der Waals surface area contributed by atoms with Gasteiger partial charge in [-0.1, -0.05) is 0 Å². The van der Waals surface area contributed by atoms with Crippen LogP contribution in [0.1, 0.15) is 19.3 Å². The minimum Gasteiger partial charge on any atom is -0.212 e. The van der Waals surface area contributed by atoms with Crippen LogP contribution >= 0.6 is 0 Å². The highest BCUT2D eigenvalue weighted by atomic mass is 32.2. The molecule has 2 atom stereocenters. The molecule has 2 aliphatic carbocycles. The Morgan fingerprint density at radius 2 is 2.00 bits per heavy atom. The molecule has 6 heteroatoms. The molecule has 0 aromatic heterocycles. The number of alkyl halides is 2. The molecular weight excluding hydrogens is 212 g/mol. The number of sulfonamides is 1. The lowest BCUT2D eigenvalue weighted by Gasteiger charge is -2.04. The van der Waals surface area contributed by atoms with Gasteiger partial charge >= 0.3 is 0 Å². The Labute approximate surface area is 81.9 Å². The maximum atomic E-state index is 12.1. The van der Waals surface area contributed by atoms with Crippen molar-refractivity contribution in [3.05, 3.63) is 0 Å². The zero-order chi connectivity index (χ0) is 10.3. The van der Waals surface area contributed by atoms with Gasteiger partial charge in [-0.2, -0.15) is 0 Å². The first kappa shape index (κ1) is 10.3. The zero-order valence-corrected chi connectivity index (χ0v) is 8.43. The summed E-state index contributed by atoms with van der Waals surface area (Å²) in [5, 5.41) is 0. The summed E-state index contributed by atoms with van der Waals surface area (Å²) >= 11 is 0. The summed E-state index contributed by atoms with van der Waals surface area (Å²) in [5.41, 5.74) is 0. The van der Waals surface area contributed by atoms with E-state index >= 15 is 0 Å². The number of rotatable bonds is 5. The summed E-state index contributed by atoms with van der Waals surface area (Å²) in [6.45, 7) is 0. The molecular formula is C8H13F2NO2S. The van der Waals surface area contributed by atoms with Crippen molar-refractivity contribution in [2.24, 2.45) is 11.8 Å². The van der Waals surface area contributed by atoms with E-state index in [0.717, 1.165) is 12.8 Å². The highest BCUT2D eigenvalue weighted by Crippen LogP contribution is 2.43. The van der Waals surface area contributed by atoms with E-state index in [1.54, 1.807) is 0 Å². The number of hydrogen-bond donors (Lipinski definition) is 1. The second-order valence-electron chi connectivity index (χ2n) is 4.17. The third kappa shape index (κ3) is 2.63. The molecule has 14 heavy (non-hydrogen) atoms. The van der Waals surface area contributed by atoms with Crippen LogP contribution in [0, 0.1) is 11.8 Å². The minimum atomic E-state index is -3.30. The van der Waals surface area contributed by atoms with E-state index in [9.17, 15) is 17.2 Å². The predicted molar refractivity (Wildman–Crippen MR) is 47.5 cm³/mol. The fourth-order valence-electron chi connectivity index (χ4n) is 1.56. The van der Waals surface area contributed by atoms with Crippen LogP contribution in [0.3, 0.4) is 0 Å². The first-order valence-corrected chi connectivity index (χ1v) is 6.41. The Morgan fingerprint density at radius 3 is 2.43 bits per heavy atom. The molecule has 2 aliphatic rings. The highest BCUT2D eigenvalue weighted by molar-refractivity contribution is 7.89. The van der Waals surface area contributed by atoms with Crippen LogP contribution in [-0.4, -0.2) is 26.6 Å². The highest BCUT2D eigenvalue weighted by Gasteiger charge is 2.46. The van der Waals surface area contributed by atoms with Gasteiger partial charge in [0.2, 0.25) is 16.4 Å². The molecule has 3 nitrogen and oxygen atoms in total. The largest absolute Gasteiger partial charge is 0.241 e. The van der Waals surface area contributed by atoms with E-state index in [1.165, 1.54) is 0 Å². The Kier molecular flexibility index (Phi) is 2.51. The van der Waals surface area contributed by atoms with Crippen LogP contribution in [0.15, 0.2) is 0 Å². The standard InChI is InChI=1S/C8H13F2NO2S/c9-8(10)7-3-5(7)4-14(12,13)11-6-1-2-6/h5-8,11H,1-4H2/t5-,7+/m0/s1. The molecule has 2 fully saturated rings. The van der Waals surface area contributed by atoms with E-state index in [1.807, 2.05) is 0 Å². The summed E-state index contributed by atoms with van der Waals surface area (Å²) in [4.78, 5) is 0. The van der Waals surface area contributed by atoms with E-state index in [4.69, 9.17) is 0 Å². The van der Waals surface area contributed by atoms with Crippen molar-refractivity contribution in [2.75, 3.05) is 5.75 Å². The summed E-state index contributed by atoms with van der Waals surface area (Å²) in [6, 6.07) is 0.0729. The van der Waals surface area contributed by atoms with Crippen molar-refractivity contribution in [1.82, 2.24) is 4.72 Å². The quantitative estimate of drug-likeness (QED) is 0.757. The monoisotopic (exact) mass is 225 g/mol. The molecule has 0 bridgehead atoms. The lowest BCUT2D eigenvalue weighted by atomic mass is 10.4.